The van der Waals surface area contributed by atoms with Crippen LogP contribution in [0, 0.1) is 43.9 Å². The van der Waals surface area contributed by atoms with Gasteiger partial charge in [-0.15, -0.1) is 0 Å². The Balaban J connectivity index is 1.53. The Morgan fingerprint density at radius 1 is 0.917 bits per heavy atom. The van der Waals surface area contributed by atoms with Crippen molar-refractivity contribution in [3.8, 4) is 0 Å². The Hall–Kier alpha value is -3.19. The zero-order valence-corrected chi connectivity index (χ0v) is 21.6. The second-order valence-corrected chi connectivity index (χ2v) is 11.2. The molecule has 0 spiro atoms. The highest BCUT2D eigenvalue weighted by Crippen LogP contribution is 2.60. The number of rotatable bonds is 6. The Morgan fingerprint density at radius 3 is 2.00 bits per heavy atom. The number of alkyl halides is 2. The minimum atomic E-state index is -0.767. The molecule has 11 nitrogen and oxygen atoms in total. The second kappa shape index (κ2) is 9.04. The molecule has 3 fully saturated rings. The minimum absolute atomic E-state index is 0.0102. The van der Waals surface area contributed by atoms with Crippen LogP contribution in [-0.2, 0) is 16.1 Å². The molecule has 2 aromatic rings. The number of hydrazine groups is 1. The van der Waals surface area contributed by atoms with E-state index in [4.69, 9.17) is 0 Å². The van der Waals surface area contributed by atoms with Crippen LogP contribution in [0.2, 0.25) is 0 Å². The Kier molecular flexibility index (Phi) is 6.15. The summed E-state index contributed by atoms with van der Waals surface area (Å²) < 4.78 is 0. The molecule has 13 heteroatoms. The average Bonchev–Trinajstić information content (AvgIpc) is 3.47. The first-order valence-electron chi connectivity index (χ1n) is 11.1. The van der Waals surface area contributed by atoms with E-state index in [2.05, 4.69) is 31.9 Å². The van der Waals surface area contributed by atoms with E-state index in [1.807, 2.05) is 0 Å². The fourth-order valence-electron chi connectivity index (χ4n) is 5.60. The number of fused-ring (bicyclic) bond motifs is 5. The van der Waals surface area contributed by atoms with Gasteiger partial charge in [-0.1, -0.05) is 50.1 Å². The highest BCUT2D eigenvalue weighted by atomic mass is 79.9. The van der Waals surface area contributed by atoms with Gasteiger partial charge in [-0.2, -0.15) is 5.01 Å². The lowest BCUT2D eigenvalue weighted by atomic mass is 9.81. The number of carbonyl (C=O) groups is 3. The van der Waals surface area contributed by atoms with Crippen molar-refractivity contribution in [2.45, 2.75) is 22.6 Å². The quantitative estimate of drug-likeness (QED) is 0.206. The number of amides is 3. The molecule has 1 heterocycles. The van der Waals surface area contributed by atoms with Crippen LogP contribution in [0.15, 0.2) is 48.5 Å². The molecule has 0 radical (unpaired) electrons. The summed E-state index contributed by atoms with van der Waals surface area (Å²) in [4.78, 5) is 61.9. The maximum absolute atomic E-state index is 13.6. The third kappa shape index (κ3) is 3.81. The molecule has 0 N–H and O–H groups in total. The predicted octanol–water partition coefficient (Wildman–Crippen LogP) is 3.84. The molecule has 1 saturated heterocycles. The number of carbonyl (C=O) groups excluding carboxylic acids is 3. The molecule has 1 aliphatic heterocycles. The van der Waals surface area contributed by atoms with Gasteiger partial charge in [0.15, 0.2) is 0 Å². The summed E-state index contributed by atoms with van der Waals surface area (Å²) >= 11 is 7.27. The number of nitrogens with zero attached hydrogens (tertiary/aromatic N) is 4. The molecule has 2 bridgehead atoms. The van der Waals surface area contributed by atoms with E-state index in [0.29, 0.717) is 12.0 Å². The molecule has 0 unspecified atom stereocenters. The number of imide groups is 1. The monoisotopic (exact) mass is 620 g/mol. The van der Waals surface area contributed by atoms with E-state index in [1.54, 1.807) is 0 Å². The van der Waals surface area contributed by atoms with Crippen LogP contribution in [0.4, 0.5) is 11.4 Å². The molecule has 2 aliphatic carbocycles. The highest BCUT2D eigenvalue weighted by Gasteiger charge is 2.67. The third-order valence-corrected chi connectivity index (χ3v) is 10.4. The summed E-state index contributed by atoms with van der Waals surface area (Å²) in [6.07, 6.45) is 0.716. The van der Waals surface area contributed by atoms with Gasteiger partial charge in [0, 0.05) is 39.5 Å². The van der Waals surface area contributed by atoms with Crippen molar-refractivity contribution >= 4 is 61.0 Å². The predicted molar refractivity (Wildman–Crippen MR) is 132 cm³/mol. The molecule has 2 aromatic carbocycles. The number of nitro benzene ring substituents is 2. The third-order valence-electron chi connectivity index (χ3n) is 7.22. The summed E-state index contributed by atoms with van der Waals surface area (Å²) in [7, 11) is 0. The molecule has 36 heavy (non-hydrogen) atoms. The zero-order chi connectivity index (χ0) is 25.9. The van der Waals surface area contributed by atoms with Gasteiger partial charge in [0.1, 0.15) is 0 Å². The number of benzene rings is 2. The Bertz CT molecular complexity index is 1270. The molecule has 3 amide bonds. The SMILES string of the molecule is O=C(c1cccc([N+](=O)[O-])c1)N(Cc1ccc([N+](=O)[O-])cc1)N1C(=O)[C@@H]2[C@H]3C[C@@H]([C@@H](Br)[C@H]3Br)[C@H]2C1=O. The van der Waals surface area contributed by atoms with Gasteiger partial charge >= 0.3 is 0 Å². The van der Waals surface area contributed by atoms with E-state index in [1.165, 1.54) is 42.5 Å². The van der Waals surface area contributed by atoms with Gasteiger partial charge in [0.25, 0.3) is 29.1 Å². The number of non-ortho nitro benzene ring substituents is 2. The Labute approximate surface area is 221 Å². The summed E-state index contributed by atoms with van der Waals surface area (Å²) in [6, 6.07) is 10.4. The number of hydrogen-bond donors (Lipinski definition) is 0. The highest BCUT2D eigenvalue weighted by molar-refractivity contribution is 9.12. The van der Waals surface area contributed by atoms with E-state index >= 15 is 0 Å². The van der Waals surface area contributed by atoms with E-state index in [9.17, 15) is 34.6 Å². The molecular weight excluding hydrogens is 604 g/mol. The summed E-state index contributed by atoms with van der Waals surface area (Å²) in [6.45, 7) is -0.235. The van der Waals surface area contributed by atoms with Crippen molar-refractivity contribution in [1.29, 1.82) is 0 Å². The topological polar surface area (TPSA) is 144 Å². The maximum Gasteiger partial charge on any atom is 0.273 e. The molecule has 5 rings (SSSR count). The first-order chi connectivity index (χ1) is 17.1. The molecular formula is C23H18Br2N4O7. The van der Waals surface area contributed by atoms with Gasteiger partial charge in [-0.05, 0) is 29.9 Å². The summed E-state index contributed by atoms with van der Waals surface area (Å²) in [5.74, 6) is -3.02. The molecule has 0 aromatic heterocycles. The minimum Gasteiger partial charge on any atom is -0.272 e. The average molecular weight is 622 g/mol. The van der Waals surface area contributed by atoms with Crippen LogP contribution in [-0.4, -0.2) is 47.2 Å². The fourth-order valence-corrected chi connectivity index (χ4v) is 7.48. The van der Waals surface area contributed by atoms with E-state index in [-0.39, 0.29) is 45.0 Å². The number of halogens is 2. The van der Waals surface area contributed by atoms with E-state index < -0.39 is 39.4 Å². The fraction of sp³-hybridized carbons (Fsp3) is 0.348. The lowest BCUT2D eigenvalue weighted by Crippen LogP contribution is -2.50. The maximum atomic E-state index is 13.6. The van der Waals surface area contributed by atoms with Crippen LogP contribution in [0.3, 0.4) is 0 Å². The van der Waals surface area contributed by atoms with Gasteiger partial charge in [0.05, 0.1) is 28.2 Å². The Morgan fingerprint density at radius 2 is 1.47 bits per heavy atom. The van der Waals surface area contributed by atoms with Crippen molar-refractivity contribution in [2.75, 3.05) is 0 Å². The second-order valence-electron chi connectivity index (χ2n) is 9.09. The smallest absolute Gasteiger partial charge is 0.272 e. The van der Waals surface area contributed by atoms with Crippen molar-refractivity contribution in [3.63, 3.8) is 0 Å². The van der Waals surface area contributed by atoms with Crippen molar-refractivity contribution in [2.24, 2.45) is 23.7 Å². The lowest BCUT2D eigenvalue weighted by Gasteiger charge is -2.31. The zero-order valence-electron chi connectivity index (χ0n) is 18.4. The summed E-state index contributed by atoms with van der Waals surface area (Å²) in [5.41, 5.74) is -0.0870. The van der Waals surface area contributed by atoms with Gasteiger partial charge in [-0.3, -0.25) is 34.6 Å². The normalized spacial score (nSPS) is 28.3. The van der Waals surface area contributed by atoms with Crippen LogP contribution in [0.25, 0.3) is 0 Å². The molecule has 6 atom stereocenters. The first kappa shape index (κ1) is 24.5. The van der Waals surface area contributed by atoms with Crippen LogP contribution >= 0.6 is 31.9 Å². The van der Waals surface area contributed by atoms with Crippen LogP contribution in [0.1, 0.15) is 22.3 Å². The van der Waals surface area contributed by atoms with Gasteiger partial charge < -0.3 is 0 Å². The van der Waals surface area contributed by atoms with Crippen molar-refractivity contribution < 1.29 is 24.2 Å². The lowest BCUT2D eigenvalue weighted by molar-refractivity contribution is -0.385. The number of hydrogen-bond acceptors (Lipinski definition) is 7. The van der Waals surface area contributed by atoms with Gasteiger partial charge in [0.2, 0.25) is 0 Å². The number of nitro groups is 2. The van der Waals surface area contributed by atoms with Gasteiger partial charge in [-0.25, -0.2) is 5.01 Å². The molecule has 186 valence electrons. The van der Waals surface area contributed by atoms with Crippen molar-refractivity contribution in [1.82, 2.24) is 10.0 Å². The standard InChI is InChI=1S/C23H18Br2N4O7/c24-19-15-9-16(20(19)25)18-17(15)22(31)27(23(18)32)26(10-11-4-6-13(7-5-11)28(33)34)21(30)12-2-1-3-14(8-12)29(35)36/h1-8,15-20H,9-10H2/t15-,16-,17-,18-,19-,20+/m1/s1. The summed E-state index contributed by atoms with van der Waals surface area (Å²) in [5, 5.41) is 24.1. The largest absolute Gasteiger partial charge is 0.273 e. The van der Waals surface area contributed by atoms with Crippen LogP contribution < -0.4 is 0 Å². The first-order valence-corrected chi connectivity index (χ1v) is 12.9. The van der Waals surface area contributed by atoms with Crippen molar-refractivity contribution in [3.05, 3.63) is 79.9 Å². The molecule has 2 saturated carbocycles. The van der Waals surface area contributed by atoms with E-state index in [0.717, 1.165) is 16.1 Å². The van der Waals surface area contributed by atoms with Crippen LogP contribution in [0.5, 0.6) is 0 Å². The molecule has 3 aliphatic rings.